The third kappa shape index (κ3) is 6.42. The summed E-state index contributed by atoms with van der Waals surface area (Å²) in [6, 6.07) is 14.5. The Bertz CT molecular complexity index is 1110. The molecule has 0 bridgehead atoms. The minimum atomic E-state index is -1.15. The zero-order valence-electron chi connectivity index (χ0n) is 20.6. The SMILES string of the molecule is CC#CCC(NC(=O)CC(NC(=O)OCC1c2ccccc2-c2ccccc21)C(C)(C)C)C(=O)O. The molecule has 7 nitrogen and oxygen atoms in total. The Kier molecular flexibility index (Phi) is 8.18. The zero-order valence-corrected chi connectivity index (χ0v) is 20.6. The molecule has 2 unspecified atom stereocenters. The summed E-state index contributed by atoms with van der Waals surface area (Å²) in [5.41, 5.74) is 4.04. The fraction of sp³-hybridized carbons (Fsp3) is 0.393. The Morgan fingerprint density at radius 3 is 2.09 bits per heavy atom. The van der Waals surface area contributed by atoms with Gasteiger partial charge < -0.3 is 20.5 Å². The second-order valence-electron chi connectivity index (χ2n) is 9.68. The highest BCUT2D eigenvalue weighted by atomic mass is 16.5. The van der Waals surface area contributed by atoms with E-state index >= 15 is 0 Å². The monoisotopic (exact) mass is 476 g/mol. The van der Waals surface area contributed by atoms with Crippen molar-refractivity contribution in [1.29, 1.82) is 0 Å². The maximum absolute atomic E-state index is 12.8. The Labute approximate surface area is 206 Å². The maximum atomic E-state index is 12.8. The standard InChI is InChI=1S/C28H32N2O5/c1-5-6-15-23(26(32)33)29-25(31)16-24(28(2,3)4)30-27(34)35-17-22-20-13-9-7-11-18(20)19-12-8-10-14-21(19)22/h7-14,22-24H,15-17H2,1-4H3,(H,29,31)(H,30,34)(H,32,33). The van der Waals surface area contributed by atoms with Crippen molar-refractivity contribution in [3.05, 3.63) is 59.7 Å². The lowest BCUT2D eigenvalue weighted by Crippen LogP contribution is -2.49. The average Bonchev–Trinajstić information content (AvgIpc) is 3.13. The molecule has 0 fully saturated rings. The number of rotatable bonds is 8. The molecule has 0 saturated heterocycles. The summed E-state index contributed by atoms with van der Waals surface area (Å²) < 4.78 is 5.63. The lowest BCUT2D eigenvalue weighted by Gasteiger charge is -2.31. The van der Waals surface area contributed by atoms with Crippen molar-refractivity contribution in [1.82, 2.24) is 10.6 Å². The van der Waals surface area contributed by atoms with Crippen LogP contribution in [0, 0.1) is 17.3 Å². The summed E-state index contributed by atoms with van der Waals surface area (Å²) in [7, 11) is 0. The van der Waals surface area contributed by atoms with Crippen LogP contribution in [0.15, 0.2) is 48.5 Å². The normalized spacial score (nSPS) is 13.9. The van der Waals surface area contributed by atoms with Crippen molar-refractivity contribution in [2.75, 3.05) is 6.61 Å². The first-order valence-corrected chi connectivity index (χ1v) is 11.6. The summed E-state index contributed by atoms with van der Waals surface area (Å²) in [6.45, 7) is 7.46. The van der Waals surface area contributed by atoms with Gasteiger partial charge in [0.05, 0.1) is 0 Å². The second-order valence-corrected chi connectivity index (χ2v) is 9.68. The molecule has 3 N–H and O–H groups in total. The van der Waals surface area contributed by atoms with E-state index in [1.54, 1.807) is 6.92 Å². The molecule has 0 spiro atoms. The number of amides is 2. The van der Waals surface area contributed by atoms with E-state index < -0.39 is 35.5 Å². The van der Waals surface area contributed by atoms with Crippen LogP contribution in [0.4, 0.5) is 4.79 Å². The molecule has 1 aliphatic rings. The van der Waals surface area contributed by atoms with Crippen molar-refractivity contribution in [2.45, 2.75) is 58.5 Å². The minimum absolute atomic E-state index is 0.0115. The first-order valence-electron chi connectivity index (χ1n) is 11.6. The van der Waals surface area contributed by atoms with Crippen LogP contribution >= 0.6 is 0 Å². The molecule has 0 saturated carbocycles. The predicted octanol–water partition coefficient (Wildman–Crippen LogP) is 4.31. The van der Waals surface area contributed by atoms with Gasteiger partial charge in [0.15, 0.2) is 0 Å². The Balaban J connectivity index is 1.64. The molecule has 0 heterocycles. The van der Waals surface area contributed by atoms with E-state index in [2.05, 4.69) is 34.6 Å². The summed E-state index contributed by atoms with van der Waals surface area (Å²) in [5.74, 6) is 3.60. The maximum Gasteiger partial charge on any atom is 0.407 e. The van der Waals surface area contributed by atoms with Crippen LogP contribution in [0.1, 0.15) is 57.6 Å². The summed E-state index contributed by atoms with van der Waals surface area (Å²) >= 11 is 0. The van der Waals surface area contributed by atoms with E-state index in [0.29, 0.717) is 0 Å². The largest absolute Gasteiger partial charge is 0.480 e. The number of hydrogen-bond acceptors (Lipinski definition) is 4. The van der Waals surface area contributed by atoms with Crippen LogP contribution in [0.3, 0.4) is 0 Å². The topological polar surface area (TPSA) is 105 Å². The van der Waals surface area contributed by atoms with E-state index in [0.717, 1.165) is 22.3 Å². The number of ether oxygens (including phenoxy) is 1. The van der Waals surface area contributed by atoms with Crippen molar-refractivity contribution in [2.24, 2.45) is 5.41 Å². The molecule has 0 aromatic heterocycles. The number of aliphatic carboxylic acids is 1. The fourth-order valence-corrected chi connectivity index (χ4v) is 4.20. The van der Waals surface area contributed by atoms with Gasteiger partial charge in [0.2, 0.25) is 5.91 Å². The number of fused-ring (bicyclic) bond motifs is 3. The van der Waals surface area contributed by atoms with Crippen LogP contribution in [0.25, 0.3) is 11.1 Å². The number of carbonyl (C=O) groups excluding carboxylic acids is 2. The van der Waals surface area contributed by atoms with Crippen molar-refractivity contribution in [3.8, 4) is 23.0 Å². The molecular formula is C28H32N2O5. The Hall–Kier alpha value is -3.79. The van der Waals surface area contributed by atoms with Gasteiger partial charge in [0, 0.05) is 24.8 Å². The van der Waals surface area contributed by atoms with Crippen molar-refractivity contribution >= 4 is 18.0 Å². The minimum Gasteiger partial charge on any atom is -0.480 e. The van der Waals surface area contributed by atoms with Crippen molar-refractivity contribution in [3.63, 3.8) is 0 Å². The van der Waals surface area contributed by atoms with E-state index in [9.17, 15) is 19.5 Å². The van der Waals surface area contributed by atoms with Crippen LogP contribution in [-0.2, 0) is 14.3 Å². The zero-order chi connectivity index (χ0) is 25.6. The molecule has 35 heavy (non-hydrogen) atoms. The number of benzene rings is 2. The van der Waals surface area contributed by atoms with Gasteiger partial charge >= 0.3 is 12.1 Å². The molecule has 2 aromatic carbocycles. The van der Waals surface area contributed by atoms with E-state index in [1.807, 2.05) is 57.2 Å². The van der Waals surface area contributed by atoms with Crippen LogP contribution in [0.5, 0.6) is 0 Å². The first kappa shape index (κ1) is 25.8. The van der Waals surface area contributed by atoms with E-state index in [1.165, 1.54) is 0 Å². The molecule has 2 amide bonds. The molecule has 7 heteroatoms. The Morgan fingerprint density at radius 1 is 1.00 bits per heavy atom. The molecule has 0 radical (unpaired) electrons. The number of hydrogen-bond donors (Lipinski definition) is 3. The summed E-state index contributed by atoms with van der Waals surface area (Å²) in [5, 5.41) is 14.6. The quantitative estimate of drug-likeness (QED) is 0.493. The van der Waals surface area contributed by atoms with Crippen molar-refractivity contribution < 1.29 is 24.2 Å². The molecular weight excluding hydrogens is 444 g/mol. The van der Waals surface area contributed by atoms with Gasteiger partial charge in [-0.25, -0.2) is 9.59 Å². The molecule has 2 atom stereocenters. The van der Waals surface area contributed by atoms with E-state index in [-0.39, 0.29) is 25.4 Å². The van der Waals surface area contributed by atoms with Gasteiger partial charge in [-0.1, -0.05) is 69.3 Å². The van der Waals surface area contributed by atoms with Gasteiger partial charge in [-0.2, -0.15) is 0 Å². The summed E-state index contributed by atoms with van der Waals surface area (Å²) in [6.07, 6.45) is -0.694. The van der Waals surface area contributed by atoms with Crippen LogP contribution in [0.2, 0.25) is 0 Å². The highest BCUT2D eigenvalue weighted by molar-refractivity contribution is 5.84. The van der Waals surface area contributed by atoms with Crippen LogP contribution < -0.4 is 10.6 Å². The molecule has 1 aliphatic carbocycles. The lowest BCUT2D eigenvalue weighted by atomic mass is 9.84. The molecule has 0 aliphatic heterocycles. The number of carbonyl (C=O) groups is 3. The molecule has 2 aromatic rings. The number of alkyl carbamates (subject to hydrolysis) is 1. The van der Waals surface area contributed by atoms with Gasteiger partial charge in [0.25, 0.3) is 0 Å². The van der Waals surface area contributed by atoms with Crippen LogP contribution in [-0.4, -0.2) is 41.8 Å². The average molecular weight is 477 g/mol. The Morgan fingerprint density at radius 2 is 1.57 bits per heavy atom. The number of nitrogens with one attached hydrogen (secondary N) is 2. The van der Waals surface area contributed by atoms with Gasteiger partial charge in [-0.3, -0.25) is 4.79 Å². The lowest BCUT2D eigenvalue weighted by molar-refractivity contribution is -0.141. The fourth-order valence-electron chi connectivity index (χ4n) is 4.20. The smallest absolute Gasteiger partial charge is 0.407 e. The summed E-state index contributed by atoms with van der Waals surface area (Å²) in [4.78, 5) is 36.8. The highest BCUT2D eigenvalue weighted by Crippen LogP contribution is 2.44. The third-order valence-corrected chi connectivity index (χ3v) is 6.19. The predicted molar refractivity (Wildman–Crippen MR) is 134 cm³/mol. The highest BCUT2D eigenvalue weighted by Gasteiger charge is 2.32. The molecule has 3 rings (SSSR count). The van der Waals surface area contributed by atoms with Gasteiger partial charge in [-0.05, 0) is 34.6 Å². The first-order chi connectivity index (χ1) is 16.6. The van der Waals surface area contributed by atoms with E-state index in [4.69, 9.17) is 4.74 Å². The van der Waals surface area contributed by atoms with Gasteiger partial charge in [-0.15, -0.1) is 11.8 Å². The third-order valence-electron chi connectivity index (χ3n) is 6.19. The second kappa shape index (κ2) is 11.1. The molecule has 184 valence electrons. The van der Waals surface area contributed by atoms with Gasteiger partial charge in [0.1, 0.15) is 12.6 Å². The number of carboxylic acid groups (broad SMARTS) is 1. The number of carboxylic acids is 1.